The highest BCUT2D eigenvalue weighted by Gasteiger charge is 2.18. The number of nitro groups is 1. The molecule has 0 aliphatic rings. The molecule has 0 aliphatic carbocycles. The standard InChI is InChI=1S/C11H9ClN4O4/c1-2-8-10(15-20-14-8)13-11(17)6-3-4-7(12)9(5-6)16(18)19/h3-5H,2H2,1H3,(H,13,15,17). The average molecular weight is 297 g/mol. The Morgan fingerprint density at radius 3 is 2.90 bits per heavy atom. The molecule has 20 heavy (non-hydrogen) atoms. The molecule has 1 N–H and O–H groups in total. The third-order valence-electron chi connectivity index (χ3n) is 2.53. The Hall–Kier alpha value is -2.48. The van der Waals surface area contributed by atoms with Gasteiger partial charge in [0, 0.05) is 11.6 Å². The highest BCUT2D eigenvalue weighted by Crippen LogP contribution is 2.25. The van der Waals surface area contributed by atoms with Crippen LogP contribution in [-0.4, -0.2) is 21.1 Å². The van der Waals surface area contributed by atoms with Crippen LogP contribution in [-0.2, 0) is 6.42 Å². The van der Waals surface area contributed by atoms with E-state index in [2.05, 4.69) is 20.3 Å². The summed E-state index contributed by atoms with van der Waals surface area (Å²) in [6.45, 7) is 1.82. The van der Waals surface area contributed by atoms with Gasteiger partial charge in [-0.05, 0) is 23.7 Å². The molecule has 0 saturated carbocycles. The van der Waals surface area contributed by atoms with Gasteiger partial charge in [0.1, 0.15) is 10.7 Å². The molecule has 0 atom stereocenters. The van der Waals surface area contributed by atoms with Crippen molar-refractivity contribution in [3.8, 4) is 0 Å². The van der Waals surface area contributed by atoms with Crippen molar-refractivity contribution in [2.45, 2.75) is 13.3 Å². The number of aromatic nitrogens is 2. The van der Waals surface area contributed by atoms with Crippen molar-refractivity contribution >= 4 is 29.0 Å². The maximum Gasteiger partial charge on any atom is 0.288 e. The van der Waals surface area contributed by atoms with Gasteiger partial charge in [-0.2, -0.15) is 0 Å². The molecular formula is C11H9ClN4O4. The van der Waals surface area contributed by atoms with E-state index in [-0.39, 0.29) is 22.1 Å². The fourth-order valence-corrected chi connectivity index (χ4v) is 1.69. The Morgan fingerprint density at radius 1 is 1.50 bits per heavy atom. The lowest BCUT2D eigenvalue weighted by atomic mass is 10.2. The molecule has 1 aromatic carbocycles. The van der Waals surface area contributed by atoms with E-state index in [9.17, 15) is 14.9 Å². The molecule has 1 aromatic heterocycles. The first kappa shape index (κ1) is 13.9. The molecule has 0 fully saturated rings. The molecule has 2 rings (SSSR count). The number of nitrogens with zero attached hydrogens (tertiary/aromatic N) is 3. The summed E-state index contributed by atoms with van der Waals surface area (Å²) in [5.41, 5.74) is 0.237. The normalized spacial score (nSPS) is 10.3. The van der Waals surface area contributed by atoms with Gasteiger partial charge in [-0.15, -0.1) is 0 Å². The summed E-state index contributed by atoms with van der Waals surface area (Å²) >= 11 is 5.68. The van der Waals surface area contributed by atoms with Gasteiger partial charge in [-0.3, -0.25) is 14.9 Å². The van der Waals surface area contributed by atoms with Gasteiger partial charge in [0.15, 0.2) is 0 Å². The van der Waals surface area contributed by atoms with Gasteiger partial charge in [0.05, 0.1) is 4.92 Å². The van der Waals surface area contributed by atoms with Crippen LogP contribution < -0.4 is 5.32 Å². The molecule has 2 aromatic rings. The second kappa shape index (κ2) is 5.66. The number of rotatable bonds is 4. The number of halogens is 1. The first-order chi connectivity index (χ1) is 9.52. The van der Waals surface area contributed by atoms with Crippen molar-refractivity contribution in [1.82, 2.24) is 10.3 Å². The summed E-state index contributed by atoms with van der Waals surface area (Å²) in [6, 6.07) is 3.76. The number of aryl methyl sites for hydroxylation is 1. The summed E-state index contributed by atoms with van der Waals surface area (Å²) in [5.74, 6) is -0.370. The summed E-state index contributed by atoms with van der Waals surface area (Å²) in [7, 11) is 0. The van der Waals surface area contributed by atoms with Crippen LogP contribution in [0.1, 0.15) is 23.0 Å². The Balaban J connectivity index is 2.26. The molecule has 0 unspecified atom stereocenters. The van der Waals surface area contributed by atoms with Crippen molar-refractivity contribution in [1.29, 1.82) is 0 Å². The number of nitrogens with one attached hydrogen (secondary N) is 1. The van der Waals surface area contributed by atoms with Gasteiger partial charge >= 0.3 is 0 Å². The second-order valence-electron chi connectivity index (χ2n) is 3.79. The van der Waals surface area contributed by atoms with Crippen LogP contribution in [0.25, 0.3) is 0 Å². The van der Waals surface area contributed by atoms with E-state index in [1.165, 1.54) is 12.1 Å². The molecule has 9 heteroatoms. The van der Waals surface area contributed by atoms with Crippen molar-refractivity contribution in [3.63, 3.8) is 0 Å². The highest BCUT2D eigenvalue weighted by atomic mass is 35.5. The minimum atomic E-state index is -0.658. The number of hydrogen-bond donors (Lipinski definition) is 1. The third-order valence-corrected chi connectivity index (χ3v) is 2.85. The van der Waals surface area contributed by atoms with E-state index in [4.69, 9.17) is 11.6 Å². The zero-order chi connectivity index (χ0) is 14.7. The zero-order valence-electron chi connectivity index (χ0n) is 10.3. The van der Waals surface area contributed by atoms with Crippen molar-refractivity contribution in [3.05, 3.63) is 44.6 Å². The fraction of sp³-hybridized carbons (Fsp3) is 0.182. The van der Waals surface area contributed by atoms with Crippen LogP contribution in [0.5, 0.6) is 0 Å². The largest absolute Gasteiger partial charge is 0.302 e. The number of carbonyl (C=O) groups is 1. The zero-order valence-corrected chi connectivity index (χ0v) is 11.0. The summed E-state index contributed by atoms with van der Waals surface area (Å²) in [4.78, 5) is 22.1. The van der Waals surface area contributed by atoms with Gasteiger partial charge < -0.3 is 5.32 Å². The Labute approximate surface area is 117 Å². The minimum Gasteiger partial charge on any atom is -0.302 e. The smallest absolute Gasteiger partial charge is 0.288 e. The maximum atomic E-state index is 12.0. The molecule has 104 valence electrons. The molecule has 8 nitrogen and oxygen atoms in total. The van der Waals surface area contributed by atoms with Crippen LogP contribution in [0.2, 0.25) is 5.02 Å². The molecule has 0 spiro atoms. The topological polar surface area (TPSA) is 111 Å². The van der Waals surface area contributed by atoms with Crippen molar-refractivity contribution < 1.29 is 14.3 Å². The number of hydrogen-bond acceptors (Lipinski definition) is 6. The van der Waals surface area contributed by atoms with Gasteiger partial charge in [-0.25, -0.2) is 4.63 Å². The third kappa shape index (κ3) is 2.75. The summed E-state index contributed by atoms with van der Waals surface area (Å²) in [6.07, 6.45) is 0.528. The predicted molar refractivity (Wildman–Crippen MR) is 69.7 cm³/mol. The molecule has 1 amide bonds. The fourth-order valence-electron chi connectivity index (χ4n) is 1.51. The van der Waals surface area contributed by atoms with Gasteiger partial charge in [0.2, 0.25) is 5.82 Å². The number of benzene rings is 1. The molecule has 0 bridgehead atoms. The lowest BCUT2D eigenvalue weighted by molar-refractivity contribution is -0.384. The molecule has 1 heterocycles. The van der Waals surface area contributed by atoms with E-state index in [1.807, 2.05) is 6.92 Å². The first-order valence-electron chi connectivity index (χ1n) is 5.59. The SMILES string of the molecule is CCc1nonc1NC(=O)c1ccc(Cl)c([N+](=O)[O-])c1. The van der Waals surface area contributed by atoms with E-state index in [0.717, 1.165) is 6.07 Å². The summed E-state index contributed by atoms with van der Waals surface area (Å²) in [5, 5.41) is 20.4. The molecule has 0 radical (unpaired) electrons. The molecular weight excluding hydrogens is 288 g/mol. The Kier molecular flexibility index (Phi) is 3.94. The monoisotopic (exact) mass is 296 g/mol. The lowest BCUT2D eigenvalue weighted by Crippen LogP contribution is -2.13. The molecule has 0 aliphatic heterocycles. The van der Waals surface area contributed by atoms with E-state index in [1.54, 1.807) is 0 Å². The average Bonchev–Trinajstić information content (AvgIpc) is 2.86. The Bertz CT molecular complexity index is 670. The highest BCUT2D eigenvalue weighted by molar-refractivity contribution is 6.32. The van der Waals surface area contributed by atoms with Crippen molar-refractivity contribution in [2.75, 3.05) is 5.32 Å². The Morgan fingerprint density at radius 2 is 2.25 bits per heavy atom. The van der Waals surface area contributed by atoms with Crippen molar-refractivity contribution in [2.24, 2.45) is 0 Å². The van der Waals surface area contributed by atoms with Crippen LogP contribution in [0, 0.1) is 10.1 Å². The van der Waals surface area contributed by atoms with Crippen LogP contribution in [0.3, 0.4) is 0 Å². The minimum absolute atomic E-state index is 0.0381. The van der Waals surface area contributed by atoms with Gasteiger partial charge in [0.25, 0.3) is 11.6 Å². The number of carbonyl (C=O) groups excluding carboxylic acids is 1. The van der Waals surface area contributed by atoms with Crippen LogP contribution in [0.4, 0.5) is 11.5 Å². The van der Waals surface area contributed by atoms with E-state index >= 15 is 0 Å². The first-order valence-corrected chi connectivity index (χ1v) is 5.97. The second-order valence-corrected chi connectivity index (χ2v) is 4.20. The van der Waals surface area contributed by atoms with E-state index < -0.39 is 10.8 Å². The molecule has 0 saturated heterocycles. The van der Waals surface area contributed by atoms with E-state index in [0.29, 0.717) is 12.1 Å². The van der Waals surface area contributed by atoms with Gasteiger partial charge in [-0.1, -0.05) is 23.7 Å². The lowest BCUT2D eigenvalue weighted by Gasteiger charge is -2.03. The number of nitro benzene ring substituents is 1. The van der Waals surface area contributed by atoms with Crippen LogP contribution in [0.15, 0.2) is 22.8 Å². The number of anilines is 1. The quantitative estimate of drug-likeness (QED) is 0.685. The summed E-state index contributed by atoms with van der Waals surface area (Å²) < 4.78 is 4.51. The number of amides is 1. The van der Waals surface area contributed by atoms with Crippen LogP contribution >= 0.6 is 11.6 Å². The maximum absolute atomic E-state index is 12.0. The predicted octanol–water partition coefficient (Wildman–Crippen LogP) is 2.45.